The van der Waals surface area contributed by atoms with Gasteiger partial charge in [-0.25, -0.2) is 4.39 Å². The number of carbonyl (C=O) groups excluding carboxylic acids is 1. The van der Waals surface area contributed by atoms with Gasteiger partial charge in [-0.05, 0) is 37.6 Å². The number of halogens is 1. The first-order chi connectivity index (χ1) is 10.0. The van der Waals surface area contributed by atoms with Gasteiger partial charge >= 0.3 is 0 Å². The zero-order valence-electron chi connectivity index (χ0n) is 13.0. The second-order valence-electron chi connectivity index (χ2n) is 6.15. The number of rotatable bonds is 5. The van der Waals surface area contributed by atoms with Crippen molar-refractivity contribution in [1.29, 1.82) is 0 Å². The minimum Gasteiger partial charge on any atom is -0.341 e. The molecule has 3 nitrogen and oxygen atoms in total. The quantitative estimate of drug-likeness (QED) is 0.904. The van der Waals surface area contributed by atoms with Crippen LogP contribution in [0.4, 0.5) is 4.39 Å². The van der Waals surface area contributed by atoms with Crippen molar-refractivity contribution in [3.05, 3.63) is 35.6 Å². The largest absolute Gasteiger partial charge is 0.341 e. The number of benzene rings is 1. The van der Waals surface area contributed by atoms with Crippen molar-refractivity contribution in [2.45, 2.75) is 50.6 Å². The Morgan fingerprint density at radius 3 is 2.67 bits per heavy atom. The van der Waals surface area contributed by atoms with Crippen LogP contribution < -0.4 is 5.32 Å². The third-order valence-electron chi connectivity index (χ3n) is 4.57. The molecule has 1 aliphatic carbocycles. The van der Waals surface area contributed by atoms with Crippen molar-refractivity contribution < 1.29 is 9.18 Å². The Hall–Kier alpha value is -1.42. The summed E-state index contributed by atoms with van der Waals surface area (Å²) in [6.07, 6.45) is 6.27. The molecule has 1 aliphatic rings. The molecule has 0 radical (unpaired) electrons. The van der Waals surface area contributed by atoms with E-state index in [2.05, 4.69) is 5.32 Å². The van der Waals surface area contributed by atoms with E-state index in [0.717, 1.165) is 18.4 Å². The first-order valence-electron chi connectivity index (χ1n) is 7.72. The predicted octanol–water partition coefficient (Wildman–Crippen LogP) is 3.10. The highest BCUT2D eigenvalue weighted by Crippen LogP contribution is 2.31. The van der Waals surface area contributed by atoms with Gasteiger partial charge in [0.1, 0.15) is 5.82 Å². The lowest BCUT2D eigenvalue weighted by atomic mass is 9.79. The molecule has 0 saturated heterocycles. The van der Waals surface area contributed by atoms with Crippen LogP contribution in [0.25, 0.3) is 0 Å². The Labute approximate surface area is 126 Å². The monoisotopic (exact) mass is 292 g/mol. The van der Waals surface area contributed by atoms with E-state index < -0.39 is 0 Å². The fourth-order valence-corrected chi connectivity index (χ4v) is 3.17. The van der Waals surface area contributed by atoms with Gasteiger partial charge in [-0.3, -0.25) is 4.79 Å². The molecule has 1 saturated carbocycles. The van der Waals surface area contributed by atoms with Crippen molar-refractivity contribution in [2.24, 2.45) is 0 Å². The van der Waals surface area contributed by atoms with Crippen LogP contribution in [0, 0.1) is 5.82 Å². The average Bonchev–Trinajstić information content (AvgIpc) is 2.48. The molecule has 1 aromatic carbocycles. The number of hydrogen-bond donors (Lipinski definition) is 1. The summed E-state index contributed by atoms with van der Waals surface area (Å²) in [4.78, 5) is 14.2. The third-order valence-corrected chi connectivity index (χ3v) is 4.57. The summed E-state index contributed by atoms with van der Waals surface area (Å²) in [5.74, 6) is -0.136. The Morgan fingerprint density at radius 2 is 2.05 bits per heavy atom. The minimum absolute atomic E-state index is 0.0501. The predicted molar refractivity (Wildman–Crippen MR) is 82.4 cm³/mol. The molecule has 0 atom stereocenters. The highest BCUT2D eigenvalue weighted by atomic mass is 19.1. The molecule has 1 fully saturated rings. The fraction of sp³-hybridized carbons (Fsp3) is 0.588. The molecule has 0 unspecified atom stereocenters. The van der Waals surface area contributed by atoms with Gasteiger partial charge in [0.05, 0.1) is 0 Å². The van der Waals surface area contributed by atoms with Crippen LogP contribution in [0.5, 0.6) is 0 Å². The summed E-state index contributed by atoms with van der Waals surface area (Å²) >= 11 is 0. The summed E-state index contributed by atoms with van der Waals surface area (Å²) in [7, 11) is 3.74. The molecule has 2 rings (SSSR count). The van der Waals surface area contributed by atoms with Crippen LogP contribution in [0.3, 0.4) is 0 Å². The molecular formula is C17H25FN2O. The van der Waals surface area contributed by atoms with E-state index in [1.165, 1.54) is 31.4 Å². The smallest absolute Gasteiger partial charge is 0.224 e. The topological polar surface area (TPSA) is 32.3 Å². The molecule has 0 spiro atoms. The summed E-state index contributed by atoms with van der Waals surface area (Å²) in [6.45, 7) is 0.455. The van der Waals surface area contributed by atoms with Gasteiger partial charge in [0.15, 0.2) is 0 Å². The molecule has 0 aliphatic heterocycles. The van der Waals surface area contributed by atoms with Gasteiger partial charge in [-0.2, -0.15) is 0 Å². The van der Waals surface area contributed by atoms with Gasteiger partial charge in [-0.1, -0.05) is 31.4 Å². The van der Waals surface area contributed by atoms with E-state index in [9.17, 15) is 9.18 Å². The van der Waals surface area contributed by atoms with Gasteiger partial charge in [-0.15, -0.1) is 0 Å². The lowest BCUT2D eigenvalue weighted by Crippen LogP contribution is -2.48. The molecule has 0 heterocycles. The van der Waals surface area contributed by atoms with E-state index in [0.29, 0.717) is 13.0 Å². The second kappa shape index (κ2) is 7.03. The van der Waals surface area contributed by atoms with E-state index in [4.69, 9.17) is 0 Å². The average molecular weight is 292 g/mol. The zero-order valence-corrected chi connectivity index (χ0v) is 13.0. The van der Waals surface area contributed by atoms with E-state index >= 15 is 0 Å². The maximum Gasteiger partial charge on any atom is 0.224 e. The first kappa shape index (κ1) is 16.0. The first-order valence-corrected chi connectivity index (χ1v) is 7.72. The summed E-state index contributed by atoms with van der Waals surface area (Å²) in [5.41, 5.74) is 0.777. The molecule has 0 aromatic heterocycles. The summed E-state index contributed by atoms with van der Waals surface area (Å²) in [6, 6.07) is 6.43. The van der Waals surface area contributed by atoms with Gasteiger partial charge in [0.25, 0.3) is 0 Å². The van der Waals surface area contributed by atoms with Gasteiger partial charge < -0.3 is 10.2 Å². The van der Waals surface area contributed by atoms with Gasteiger partial charge in [0.2, 0.25) is 5.91 Å². The Balaban J connectivity index is 1.95. The summed E-state index contributed by atoms with van der Waals surface area (Å²) in [5, 5.41) is 3.37. The lowest BCUT2D eigenvalue weighted by Gasteiger charge is -2.37. The molecule has 116 valence electrons. The lowest BCUT2D eigenvalue weighted by molar-refractivity contribution is -0.132. The molecule has 21 heavy (non-hydrogen) atoms. The van der Waals surface area contributed by atoms with Crippen molar-refractivity contribution >= 4 is 5.91 Å². The van der Waals surface area contributed by atoms with E-state index in [1.807, 2.05) is 13.1 Å². The third kappa shape index (κ3) is 4.27. The Bertz CT molecular complexity index is 483. The van der Waals surface area contributed by atoms with Crippen LogP contribution in [0.15, 0.2) is 24.3 Å². The molecule has 1 N–H and O–H groups in total. The second-order valence-corrected chi connectivity index (χ2v) is 6.15. The maximum absolute atomic E-state index is 13.2. The van der Waals surface area contributed by atoms with E-state index in [1.54, 1.807) is 18.0 Å². The van der Waals surface area contributed by atoms with Crippen molar-refractivity contribution in [3.63, 3.8) is 0 Å². The highest BCUT2D eigenvalue weighted by molar-refractivity contribution is 5.77. The van der Waals surface area contributed by atoms with E-state index in [-0.39, 0.29) is 17.3 Å². The Kier molecular flexibility index (Phi) is 5.34. The number of amides is 1. The summed E-state index contributed by atoms with van der Waals surface area (Å²) < 4.78 is 13.2. The van der Waals surface area contributed by atoms with Crippen LogP contribution in [0.2, 0.25) is 0 Å². The number of nitrogens with zero attached hydrogens (tertiary/aromatic N) is 1. The SMILES string of the molecule is CNC1(CC(=O)N(C)Cc2cccc(F)c2)CCCCC1. The normalized spacial score (nSPS) is 17.5. The molecule has 1 aromatic rings. The van der Waals surface area contributed by atoms with Gasteiger partial charge in [0, 0.05) is 25.6 Å². The van der Waals surface area contributed by atoms with Crippen LogP contribution in [-0.2, 0) is 11.3 Å². The van der Waals surface area contributed by atoms with Crippen molar-refractivity contribution in [3.8, 4) is 0 Å². The number of nitrogens with one attached hydrogen (secondary N) is 1. The standard InChI is InChI=1S/C17H25FN2O/c1-19-17(9-4-3-5-10-17)12-16(21)20(2)13-14-7-6-8-15(18)11-14/h6-8,11,19H,3-5,9-10,12-13H2,1-2H3. The molecule has 1 amide bonds. The maximum atomic E-state index is 13.2. The number of hydrogen-bond acceptors (Lipinski definition) is 2. The highest BCUT2D eigenvalue weighted by Gasteiger charge is 2.33. The van der Waals surface area contributed by atoms with Crippen LogP contribution in [-0.4, -0.2) is 30.4 Å². The van der Waals surface area contributed by atoms with Crippen LogP contribution in [0.1, 0.15) is 44.1 Å². The van der Waals surface area contributed by atoms with Crippen LogP contribution >= 0.6 is 0 Å². The van der Waals surface area contributed by atoms with Crippen molar-refractivity contribution in [2.75, 3.05) is 14.1 Å². The zero-order chi connectivity index (χ0) is 15.3. The minimum atomic E-state index is -0.257. The Morgan fingerprint density at radius 1 is 1.33 bits per heavy atom. The number of carbonyl (C=O) groups is 1. The van der Waals surface area contributed by atoms with Crippen molar-refractivity contribution in [1.82, 2.24) is 10.2 Å². The molecule has 0 bridgehead atoms. The fourth-order valence-electron chi connectivity index (χ4n) is 3.17. The molecular weight excluding hydrogens is 267 g/mol. The molecule has 4 heteroatoms.